The molecule has 3 heteroatoms. The highest BCUT2D eigenvalue weighted by molar-refractivity contribution is 5.75. The van der Waals surface area contributed by atoms with Crippen LogP contribution in [0, 0.1) is 6.92 Å². The Morgan fingerprint density at radius 2 is 2.17 bits per heavy atom. The first-order chi connectivity index (χ1) is 8.72. The number of carbonyl (C=O) groups excluding carboxylic acids is 1. The summed E-state index contributed by atoms with van der Waals surface area (Å²) in [5.74, 6) is 0.896. The van der Waals surface area contributed by atoms with Crippen molar-refractivity contribution < 1.29 is 9.53 Å². The highest BCUT2D eigenvalue weighted by Crippen LogP contribution is 2.12. The van der Waals surface area contributed by atoms with E-state index in [1.807, 2.05) is 31.2 Å². The zero-order valence-corrected chi connectivity index (χ0v) is 11.4. The number of benzene rings is 1. The van der Waals surface area contributed by atoms with Crippen LogP contribution in [-0.2, 0) is 4.79 Å². The molecule has 0 radical (unpaired) electrons. The van der Waals surface area contributed by atoms with Gasteiger partial charge >= 0.3 is 0 Å². The van der Waals surface area contributed by atoms with Crippen LogP contribution in [0.25, 0.3) is 0 Å². The molecule has 100 valence electrons. The molecule has 1 rings (SSSR count). The lowest BCUT2D eigenvalue weighted by Gasteiger charge is -2.07. The molecule has 0 spiro atoms. The van der Waals surface area contributed by atoms with E-state index in [1.54, 1.807) is 0 Å². The molecule has 3 nitrogen and oxygen atoms in total. The largest absolute Gasteiger partial charge is 0.493 e. The molecule has 0 saturated heterocycles. The van der Waals surface area contributed by atoms with E-state index in [2.05, 4.69) is 12.2 Å². The van der Waals surface area contributed by atoms with Crippen LogP contribution < -0.4 is 10.1 Å². The lowest BCUT2D eigenvalue weighted by molar-refractivity contribution is -0.121. The molecule has 18 heavy (non-hydrogen) atoms. The topological polar surface area (TPSA) is 38.3 Å². The maximum absolute atomic E-state index is 11.5. The van der Waals surface area contributed by atoms with E-state index in [1.165, 1.54) is 12.8 Å². The van der Waals surface area contributed by atoms with Gasteiger partial charge < -0.3 is 10.1 Å². The fraction of sp³-hybridized carbons (Fsp3) is 0.533. The fourth-order valence-electron chi connectivity index (χ4n) is 1.66. The number of rotatable bonds is 8. The van der Waals surface area contributed by atoms with Crippen molar-refractivity contribution in [1.82, 2.24) is 5.32 Å². The van der Waals surface area contributed by atoms with Gasteiger partial charge in [0.1, 0.15) is 5.75 Å². The Hall–Kier alpha value is -1.51. The predicted octanol–water partition coefficient (Wildman–Crippen LogP) is 3.07. The van der Waals surface area contributed by atoms with Gasteiger partial charge in [0.05, 0.1) is 13.0 Å². The van der Waals surface area contributed by atoms with E-state index in [9.17, 15) is 4.79 Å². The smallest absolute Gasteiger partial charge is 0.223 e. The van der Waals surface area contributed by atoms with Crippen LogP contribution in [0.1, 0.15) is 38.2 Å². The maximum atomic E-state index is 11.5. The zero-order chi connectivity index (χ0) is 13.2. The Morgan fingerprint density at radius 1 is 1.33 bits per heavy atom. The summed E-state index contributed by atoms with van der Waals surface area (Å²) < 4.78 is 5.52. The van der Waals surface area contributed by atoms with Gasteiger partial charge in [-0.1, -0.05) is 31.9 Å². The Morgan fingerprint density at radius 3 is 2.89 bits per heavy atom. The molecular weight excluding hydrogens is 226 g/mol. The highest BCUT2D eigenvalue weighted by atomic mass is 16.5. The SMILES string of the molecule is CCCCCNC(=O)CCOc1cccc(C)c1. The molecule has 0 aromatic heterocycles. The van der Waals surface area contributed by atoms with Crippen molar-refractivity contribution >= 4 is 5.91 Å². The van der Waals surface area contributed by atoms with E-state index in [4.69, 9.17) is 4.74 Å². The molecular formula is C15H23NO2. The summed E-state index contributed by atoms with van der Waals surface area (Å²) in [6.07, 6.45) is 3.81. The monoisotopic (exact) mass is 249 g/mol. The molecule has 0 heterocycles. The quantitative estimate of drug-likeness (QED) is 0.719. The number of amides is 1. The third-order valence-electron chi connectivity index (χ3n) is 2.69. The Kier molecular flexibility index (Phi) is 6.92. The number of carbonyl (C=O) groups is 1. The lowest BCUT2D eigenvalue weighted by Crippen LogP contribution is -2.25. The fourth-order valence-corrected chi connectivity index (χ4v) is 1.66. The molecule has 0 unspecified atom stereocenters. The van der Waals surface area contributed by atoms with Crippen LogP contribution in [0.2, 0.25) is 0 Å². The van der Waals surface area contributed by atoms with Crippen LogP contribution in [0.15, 0.2) is 24.3 Å². The number of hydrogen-bond acceptors (Lipinski definition) is 2. The summed E-state index contributed by atoms with van der Waals surface area (Å²) in [7, 11) is 0. The van der Waals surface area contributed by atoms with E-state index in [-0.39, 0.29) is 5.91 Å². The minimum absolute atomic E-state index is 0.0683. The van der Waals surface area contributed by atoms with Gasteiger partial charge in [-0.2, -0.15) is 0 Å². The van der Waals surface area contributed by atoms with Crippen LogP contribution in [0.3, 0.4) is 0 Å². The lowest BCUT2D eigenvalue weighted by atomic mass is 10.2. The molecule has 0 aliphatic carbocycles. The van der Waals surface area contributed by atoms with Crippen LogP contribution in [0.5, 0.6) is 5.75 Å². The highest BCUT2D eigenvalue weighted by Gasteiger charge is 2.01. The zero-order valence-electron chi connectivity index (χ0n) is 11.4. The van der Waals surface area contributed by atoms with Crippen LogP contribution in [0.4, 0.5) is 0 Å². The van der Waals surface area contributed by atoms with E-state index in [0.29, 0.717) is 13.0 Å². The third kappa shape index (κ3) is 6.28. The normalized spacial score (nSPS) is 10.1. The third-order valence-corrected chi connectivity index (χ3v) is 2.69. The summed E-state index contributed by atoms with van der Waals surface area (Å²) in [5, 5.41) is 2.90. The summed E-state index contributed by atoms with van der Waals surface area (Å²) in [5.41, 5.74) is 1.16. The average Bonchev–Trinajstić information content (AvgIpc) is 2.35. The molecule has 1 amide bonds. The standard InChI is InChI=1S/C15H23NO2/c1-3-4-5-10-16-15(17)9-11-18-14-8-6-7-13(2)12-14/h6-8,12H,3-5,9-11H2,1-2H3,(H,16,17). The summed E-state index contributed by atoms with van der Waals surface area (Å²) in [4.78, 5) is 11.5. The molecule has 1 N–H and O–H groups in total. The number of hydrogen-bond donors (Lipinski definition) is 1. The number of unbranched alkanes of at least 4 members (excludes halogenated alkanes) is 2. The minimum Gasteiger partial charge on any atom is -0.493 e. The molecule has 1 aromatic carbocycles. The summed E-state index contributed by atoms with van der Waals surface area (Å²) in [6.45, 7) is 5.38. The Labute approximate surface area is 110 Å². The van der Waals surface area contributed by atoms with Crippen molar-refractivity contribution in [2.75, 3.05) is 13.2 Å². The molecule has 0 fully saturated rings. The van der Waals surface area contributed by atoms with Gasteiger partial charge in [-0.15, -0.1) is 0 Å². The first-order valence-corrected chi connectivity index (χ1v) is 6.68. The van der Waals surface area contributed by atoms with Crippen molar-refractivity contribution in [3.63, 3.8) is 0 Å². The minimum atomic E-state index is 0.0683. The maximum Gasteiger partial charge on any atom is 0.223 e. The van der Waals surface area contributed by atoms with Gasteiger partial charge in [0.2, 0.25) is 5.91 Å². The second-order valence-corrected chi connectivity index (χ2v) is 4.47. The van der Waals surface area contributed by atoms with Crippen molar-refractivity contribution in [2.24, 2.45) is 0 Å². The molecule has 0 aliphatic rings. The molecule has 0 atom stereocenters. The molecule has 1 aromatic rings. The van der Waals surface area contributed by atoms with E-state index in [0.717, 1.165) is 24.3 Å². The second-order valence-electron chi connectivity index (χ2n) is 4.47. The van der Waals surface area contributed by atoms with Crippen molar-refractivity contribution in [3.05, 3.63) is 29.8 Å². The van der Waals surface area contributed by atoms with Gasteiger partial charge in [0.25, 0.3) is 0 Å². The second kappa shape index (κ2) is 8.56. The number of aryl methyl sites for hydroxylation is 1. The molecule has 0 bridgehead atoms. The van der Waals surface area contributed by atoms with Gasteiger partial charge in [-0.3, -0.25) is 4.79 Å². The summed E-state index contributed by atoms with van der Waals surface area (Å²) >= 11 is 0. The van der Waals surface area contributed by atoms with Gasteiger partial charge in [0.15, 0.2) is 0 Å². The van der Waals surface area contributed by atoms with Crippen molar-refractivity contribution in [2.45, 2.75) is 39.5 Å². The average molecular weight is 249 g/mol. The first kappa shape index (κ1) is 14.6. The van der Waals surface area contributed by atoms with Crippen molar-refractivity contribution in [1.29, 1.82) is 0 Å². The number of ether oxygens (including phenoxy) is 1. The predicted molar refractivity (Wildman–Crippen MR) is 73.8 cm³/mol. The molecule has 0 saturated carbocycles. The van der Waals surface area contributed by atoms with Crippen molar-refractivity contribution in [3.8, 4) is 5.75 Å². The van der Waals surface area contributed by atoms with E-state index < -0.39 is 0 Å². The van der Waals surface area contributed by atoms with Gasteiger partial charge in [-0.05, 0) is 31.0 Å². The Bertz CT molecular complexity index is 363. The van der Waals surface area contributed by atoms with Gasteiger partial charge in [0, 0.05) is 6.54 Å². The van der Waals surface area contributed by atoms with Crippen LogP contribution in [-0.4, -0.2) is 19.1 Å². The Balaban J connectivity index is 2.12. The van der Waals surface area contributed by atoms with Gasteiger partial charge in [-0.25, -0.2) is 0 Å². The first-order valence-electron chi connectivity index (χ1n) is 6.68. The summed E-state index contributed by atoms with van der Waals surface area (Å²) in [6, 6.07) is 7.86. The van der Waals surface area contributed by atoms with E-state index >= 15 is 0 Å². The number of nitrogens with one attached hydrogen (secondary N) is 1. The molecule has 0 aliphatic heterocycles. The van der Waals surface area contributed by atoms with Crippen LogP contribution >= 0.6 is 0 Å².